The molecule has 0 heterocycles. The van der Waals surface area contributed by atoms with Crippen molar-refractivity contribution in [1.29, 1.82) is 0 Å². The van der Waals surface area contributed by atoms with Gasteiger partial charge in [-0.2, -0.15) is 25.3 Å². The van der Waals surface area contributed by atoms with Gasteiger partial charge in [-0.05, 0) is 143 Å². The summed E-state index contributed by atoms with van der Waals surface area (Å²) in [5, 5.41) is 0. The van der Waals surface area contributed by atoms with Gasteiger partial charge in [0.05, 0.1) is 0 Å². The average Bonchev–Trinajstić information content (AvgIpc) is 2.21. The molecule has 0 aromatic heterocycles. The van der Waals surface area contributed by atoms with Crippen LogP contribution < -0.4 is 0 Å². The maximum atomic E-state index is 12.0. The Kier molecular flexibility index (Phi) is 11.9. The van der Waals surface area contributed by atoms with Gasteiger partial charge in [-0.15, -0.1) is 0 Å². The summed E-state index contributed by atoms with van der Waals surface area (Å²) in [4.78, 5) is 0. The Morgan fingerprint density at radius 1 is 0.480 bits per heavy atom. The third-order valence-corrected chi connectivity index (χ3v) is 18.8. The molecule has 0 saturated carbocycles. The van der Waals surface area contributed by atoms with Crippen LogP contribution in [0.15, 0.2) is 0 Å². The summed E-state index contributed by atoms with van der Waals surface area (Å²) in [6.45, 7) is 0. The van der Waals surface area contributed by atoms with Crippen LogP contribution in [-0.4, -0.2) is 44.8 Å². The van der Waals surface area contributed by atoms with E-state index in [9.17, 15) is 25.3 Å². The highest BCUT2D eigenvalue weighted by atomic mass is 80.0. The highest BCUT2D eigenvalue weighted by molar-refractivity contribution is 9.43. The molecule has 150 valence electrons. The van der Waals surface area contributed by atoms with Gasteiger partial charge < -0.3 is 9.70 Å². The van der Waals surface area contributed by atoms with Crippen LogP contribution in [0.25, 0.3) is 0 Å². The van der Waals surface area contributed by atoms with Crippen molar-refractivity contribution in [3.8, 4) is 0 Å². The third-order valence-electron chi connectivity index (χ3n) is 1.47. The molecule has 0 unspecified atom stereocenters. The van der Waals surface area contributed by atoms with Gasteiger partial charge in [-0.1, -0.05) is 0 Å². The summed E-state index contributed by atoms with van der Waals surface area (Å²) in [6, 6.07) is 0. The Morgan fingerprint density at radius 2 is 0.640 bits per heavy atom. The van der Waals surface area contributed by atoms with E-state index < -0.39 is 49.9 Å². The highest BCUT2D eigenvalue weighted by Crippen LogP contribution is 2.44. The Hall–Kier alpha value is 4.58. The summed E-state index contributed by atoms with van der Waals surface area (Å²) in [5.74, 6) is 0. The van der Waals surface area contributed by atoms with Gasteiger partial charge in [0.1, 0.15) is 0 Å². The van der Waals surface area contributed by atoms with Crippen LogP contribution in [0, 0.1) is 0 Å². The molecule has 9 nitrogen and oxygen atoms in total. The zero-order chi connectivity index (χ0) is 20.7. The number of alkyl halides is 9. The second-order valence-corrected chi connectivity index (χ2v) is 35.7. The van der Waals surface area contributed by atoms with Gasteiger partial charge in [-0.25, -0.2) is 0 Å². The zero-order valence-electron chi connectivity index (χ0n) is 10.4. The lowest BCUT2D eigenvalue weighted by Crippen LogP contribution is -2.41. The van der Waals surface area contributed by atoms with Crippen molar-refractivity contribution < 1.29 is 35.0 Å². The topological polar surface area (TPSA) is 130 Å². The normalized spacial score (nSPS) is 15.2. The Bertz CT molecular complexity index is 677. The fourth-order valence-corrected chi connectivity index (χ4v) is 11.7. The lowest BCUT2D eigenvalue weighted by molar-refractivity contribution is 0.313. The summed E-state index contributed by atoms with van der Waals surface area (Å²) in [7, 11) is -14.1. The minimum Gasteiger partial charge on any atom is -0.339 e. The summed E-state index contributed by atoms with van der Waals surface area (Å²) in [5.41, 5.74) is 0. The molecule has 0 bridgehead atoms. The van der Waals surface area contributed by atoms with Crippen molar-refractivity contribution in [3.05, 3.63) is 0 Å². The van der Waals surface area contributed by atoms with Crippen molar-refractivity contribution in [3.63, 3.8) is 0 Å². The highest BCUT2D eigenvalue weighted by Gasteiger charge is 2.56. The summed E-state index contributed by atoms with van der Waals surface area (Å²) < 4.78 is 79.2. The predicted molar refractivity (Wildman–Crippen MR) is 124 cm³/mol. The molecule has 0 spiro atoms. The molecule has 0 aliphatic rings. The molecule has 0 N–H and O–H groups in total. The van der Waals surface area contributed by atoms with Crippen molar-refractivity contribution >= 4 is 189 Å². The number of hydrogen-bond donors (Lipinski definition) is 0. The molecule has 0 aliphatic heterocycles. The van der Waals surface area contributed by atoms with Crippen LogP contribution in [0.3, 0.4) is 0 Å². The van der Waals surface area contributed by atoms with Gasteiger partial charge in [0.15, 0.2) is 0 Å². The summed E-state index contributed by atoms with van der Waals surface area (Å²) >= 11 is 19.4. The van der Waals surface area contributed by atoms with Crippen molar-refractivity contribution in [2.24, 2.45) is 0 Å². The standard InChI is InChI=1S/3CHBr3O3S.Al/c3*2-1(3,4)8(5,6)7;/h3*(H,5,6,7);/q;;;+3/p-3. The minimum absolute atomic E-state index is 2.06. The van der Waals surface area contributed by atoms with E-state index in [1.165, 1.54) is 0 Å². The van der Waals surface area contributed by atoms with E-state index in [1.807, 2.05) is 0 Å². The van der Waals surface area contributed by atoms with Crippen molar-refractivity contribution in [2.45, 2.75) is 4.42 Å². The van der Waals surface area contributed by atoms with Crippen LogP contribution in [0.4, 0.5) is 0 Å². The predicted octanol–water partition coefficient (Wildman–Crippen LogP) is 4.40. The molecular weight excluding hydrogens is 1020 g/mol. The average molecular weight is 1020 g/mol. The van der Waals surface area contributed by atoms with Gasteiger partial charge in [0.25, 0.3) is 34.8 Å². The molecule has 0 saturated heterocycles. The first-order chi connectivity index (χ1) is 10.5. The van der Waals surface area contributed by atoms with Crippen LogP contribution in [0.2, 0.25) is 0 Å². The zero-order valence-corrected chi connectivity index (χ0v) is 28.3. The molecule has 0 aromatic carbocycles. The second kappa shape index (κ2) is 10.0. The number of hydrogen-bond acceptors (Lipinski definition) is 9. The van der Waals surface area contributed by atoms with Crippen molar-refractivity contribution in [1.82, 2.24) is 0 Å². The van der Waals surface area contributed by atoms with Gasteiger partial charge in [0, 0.05) is 0 Å². The molecule has 25 heavy (non-hydrogen) atoms. The van der Waals surface area contributed by atoms with Crippen molar-refractivity contribution in [2.75, 3.05) is 0 Å². The molecule has 0 aliphatic carbocycles. The van der Waals surface area contributed by atoms with Gasteiger partial charge >= 0.3 is 15.1 Å². The third kappa shape index (κ3) is 9.31. The first kappa shape index (κ1) is 29.6. The molecule has 0 rings (SSSR count). The fourth-order valence-electron chi connectivity index (χ4n) is 0.522. The van der Waals surface area contributed by atoms with E-state index in [-0.39, 0.29) is 0 Å². The van der Waals surface area contributed by atoms with E-state index in [0.717, 1.165) is 0 Å². The Balaban J connectivity index is 5.96. The monoisotopic (exact) mass is 1010 g/mol. The second-order valence-electron chi connectivity index (χ2n) is 3.28. The van der Waals surface area contributed by atoms with Crippen LogP contribution >= 0.6 is 143 Å². The van der Waals surface area contributed by atoms with Gasteiger partial charge in [-0.3, -0.25) is 0 Å². The first-order valence-corrected chi connectivity index (χ1v) is 17.3. The minimum atomic E-state index is -4.69. The maximum absolute atomic E-state index is 12.0. The fraction of sp³-hybridized carbons (Fsp3) is 1.00. The Morgan fingerprint density at radius 3 is 0.760 bits per heavy atom. The lowest BCUT2D eigenvalue weighted by atomic mass is 11.9. The van der Waals surface area contributed by atoms with Crippen LogP contribution in [-0.2, 0) is 40.1 Å². The summed E-state index contributed by atoms with van der Waals surface area (Å²) in [6.07, 6.45) is 0. The van der Waals surface area contributed by atoms with Crippen LogP contribution in [0.5, 0.6) is 0 Å². The molecule has 0 aromatic rings. The first-order valence-electron chi connectivity index (χ1n) is 4.52. The smallest absolute Gasteiger partial charge is 0.339 e. The van der Waals surface area contributed by atoms with E-state index >= 15 is 0 Å². The molecule has 0 atom stereocenters. The van der Waals surface area contributed by atoms with E-state index in [4.69, 9.17) is 0 Å². The van der Waals surface area contributed by atoms with Gasteiger partial charge in [0.2, 0.25) is 0 Å². The quantitative estimate of drug-likeness (QED) is 0.281. The Labute approximate surface area is 224 Å². The molecule has 0 amide bonds. The maximum Gasteiger partial charge on any atom is 0.951 e. The lowest BCUT2D eigenvalue weighted by Gasteiger charge is -2.21. The molecule has 0 fully saturated rings. The van der Waals surface area contributed by atoms with E-state index in [2.05, 4.69) is 153 Å². The molecule has 22 heteroatoms. The molecular formula is C3AlBr9O9S3. The van der Waals surface area contributed by atoms with E-state index in [1.54, 1.807) is 0 Å². The number of halogens is 9. The molecule has 0 radical (unpaired) electrons. The SMILES string of the molecule is O=S(=O)([O][Al]([O]S(=O)(=O)C(Br)(Br)Br)[O]S(=O)(=O)C(Br)(Br)Br)C(Br)(Br)Br. The largest absolute Gasteiger partial charge is 0.951 e. The van der Waals surface area contributed by atoms with E-state index in [0.29, 0.717) is 0 Å². The van der Waals surface area contributed by atoms with Crippen LogP contribution in [0.1, 0.15) is 0 Å². The number of rotatable bonds is 6.